The Morgan fingerprint density at radius 1 is 1.00 bits per heavy atom. The third-order valence-electron chi connectivity index (χ3n) is 5.01. The maximum atomic E-state index is 13.6. The molecule has 3 N–H and O–H groups in total. The van der Waals surface area contributed by atoms with Crippen LogP contribution in [0.2, 0.25) is 0 Å². The van der Waals surface area contributed by atoms with Gasteiger partial charge in [0.1, 0.15) is 11.6 Å². The molecule has 0 spiro atoms. The van der Waals surface area contributed by atoms with Crippen LogP contribution < -0.4 is 11.1 Å². The molecule has 164 valence electrons. The van der Waals surface area contributed by atoms with E-state index in [-0.39, 0.29) is 44.1 Å². The fourth-order valence-corrected chi connectivity index (χ4v) is 3.55. The zero-order valence-electron chi connectivity index (χ0n) is 16.9. The van der Waals surface area contributed by atoms with Crippen LogP contribution in [0.25, 0.3) is 0 Å². The van der Waals surface area contributed by atoms with Crippen LogP contribution >= 0.6 is 0 Å². The standard InChI is InChI=1S/C22H24F2N4O3/c23-17-12-16(13-18(24)14-17)22(31)28-11-10-27(21(28)20(30)26-9-8-25)19(29)7-6-15-4-2-1-3-5-15/h1-5,12-14,21H,6-11,25H2,(H,26,30). The number of amides is 3. The van der Waals surface area contributed by atoms with Crippen molar-refractivity contribution in [2.24, 2.45) is 5.73 Å². The summed E-state index contributed by atoms with van der Waals surface area (Å²) in [7, 11) is 0. The Bertz CT molecular complexity index is 935. The number of nitrogens with one attached hydrogen (secondary N) is 1. The number of halogens is 2. The minimum atomic E-state index is -1.21. The molecule has 2 aromatic carbocycles. The lowest BCUT2D eigenvalue weighted by Crippen LogP contribution is -2.54. The third kappa shape index (κ3) is 5.43. The van der Waals surface area contributed by atoms with Gasteiger partial charge in [-0.1, -0.05) is 30.3 Å². The highest BCUT2D eigenvalue weighted by molar-refractivity contribution is 5.99. The monoisotopic (exact) mass is 430 g/mol. The van der Waals surface area contributed by atoms with Gasteiger partial charge >= 0.3 is 0 Å². The van der Waals surface area contributed by atoms with Gasteiger partial charge in [0.05, 0.1) is 0 Å². The second-order valence-electron chi connectivity index (χ2n) is 7.18. The number of rotatable bonds is 7. The smallest absolute Gasteiger partial charge is 0.263 e. The van der Waals surface area contributed by atoms with Crippen LogP contribution in [0.3, 0.4) is 0 Å². The first-order valence-corrected chi connectivity index (χ1v) is 9.99. The Kier molecular flexibility index (Phi) is 7.30. The first-order valence-electron chi connectivity index (χ1n) is 9.99. The minimum Gasteiger partial charge on any atom is -0.351 e. The predicted molar refractivity (Wildman–Crippen MR) is 110 cm³/mol. The molecule has 1 aliphatic heterocycles. The Morgan fingerprint density at radius 2 is 1.65 bits per heavy atom. The predicted octanol–water partition coefficient (Wildman–Crippen LogP) is 1.28. The molecule has 3 amide bonds. The SMILES string of the molecule is NCCNC(=O)C1N(C(=O)CCc2ccccc2)CCN1C(=O)c1cc(F)cc(F)c1. The fourth-order valence-electron chi connectivity index (χ4n) is 3.55. The van der Waals surface area contributed by atoms with Crippen molar-refractivity contribution in [2.45, 2.75) is 19.0 Å². The molecular weight excluding hydrogens is 406 g/mol. The van der Waals surface area contributed by atoms with Crippen molar-refractivity contribution < 1.29 is 23.2 Å². The number of aryl methyl sites for hydroxylation is 1. The lowest BCUT2D eigenvalue weighted by Gasteiger charge is -2.29. The van der Waals surface area contributed by atoms with E-state index in [1.54, 1.807) is 0 Å². The molecule has 1 aliphatic rings. The summed E-state index contributed by atoms with van der Waals surface area (Å²) in [5, 5.41) is 2.59. The van der Waals surface area contributed by atoms with E-state index in [9.17, 15) is 23.2 Å². The normalized spacial score (nSPS) is 15.8. The van der Waals surface area contributed by atoms with Crippen molar-refractivity contribution in [2.75, 3.05) is 26.2 Å². The van der Waals surface area contributed by atoms with Crippen LogP contribution in [0.4, 0.5) is 8.78 Å². The van der Waals surface area contributed by atoms with Crippen LogP contribution in [-0.4, -0.2) is 59.9 Å². The molecule has 0 aromatic heterocycles. The molecule has 1 unspecified atom stereocenters. The van der Waals surface area contributed by atoms with Gasteiger partial charge in [-0.15, -0.1) is 0 Å². The molecule has 2 aromatic rings. The number of hydrogen-bond donors (Lipinski definition) is 2. The molecule has 3 rings (SSSR count). The molecule has 0 radical (unpaired) electrons. The van der Waals surface area contributed by atoms with Gasteiger partial charge in [-0.2, -0.15) is 0 Å². The second-order valence-corrected chi connectivity index (χ2v) is 7.18. The molecule has 1 atom stereocenters. The molecule has 1 saturated heterocycles. The Labute approximate surface area is 178 Å². The third-order valence-corrected chi connectivity index (χ3v) is 5.01. The average molecular weight is 430 g/mol. The molecular formula is C22H24F2N4O3. The average Bonchev–Trinajstić information content (AvgIpc) is 3.20. The highest BCUT2D eigenvalue weighted by Crippen LogP contribution is 2.21. The number of carbonyl (C=O) groups excluding carboxylic acids is 3. The zero-order valence-corrected chi connectivity index (χ0v) is 16.9. The summed E-state index contributed by atoms with van der Waals surface area (Å²) in [6.45, 7) is 0.550. The maximum Gasteiger partial charge on any atom is 0.263 e. The maximum absolute atomic E-state index is 13.6. The Balaban J connectivity index is 1.80. The minimum absolute atomic E-state index is 0.0642. The van der Waals surface area contributed by atoms with E-state index in [1.807, 2.05) is 30.3 Å². The van der Waals surface area contributed by atoms with Gasteiger partial charge in [0, 0.05) is 44.2 Å². The van der Waals surface area contributed by atoms with Gasteiger partial charge in [-0.05, 0) is 24.1 Å². The summed E-state index contributed by atoms with van der Waals surface area (Å²) in [6, 6.07) is 11.9. The lowest BCUT2D eigenvalue weighted by molar-refractivity contribution is -0.141. The summed E-state index contributed by atoms with van der Waals surface area (Å²) < 4.78 is 27.2. The zero-order chi connectivity index (χ0) is 22.4. The quantitative estimate of drug-likeness (QED) is 0.692. The van der Waals surface area contributed by atoms with Crippen molar-refractivity contribution in [1.82, 2.24) is 15.1 Å². The van der Waals surface area contributed by atoms with Crippen molar-refractivity contribution >= 4 is 17.7 Å². The van der Waals surface area contributed by atoms with Gasteiger partial charge < -0.3 is 20.9 Å². The Hall–Kier alpha value is -3.33. The van der Waals surface area contributed by atoms with Crippen molar-refractivity contribution in [3.8, 4) is 0 Å². The molecule has 31 heavy (non-hydrogen) atoms. The summed E-state index contributed by atoms with van der Waals surface area (Å²) in [5.74, 6) is -3.40. The molecule has 0 bridgehead atoms. The highest BCUT2D eigenvalue weighted by Gasteiger charge is 2.42. The van der Waals surface area contributed by atoms with Crippen molar-refractivity contribution in [3.05, 3.63) is 71.3 Å². The molecule has 0 aliphatic carbocycles. The van der Waals surface area contributed by atoms with Crippen LogP contribution in [0.5, 0.6) is 0 Å². The van der Waals surface area contributed by atoms with E-state index in [4.69, 9.17) is 5.73 Å². The fraction of sp³-hybridized carbons (Fsp3) is 0.318. The van der Waals surface area contributed by atoms with Gasteiger partial charge in [0.15, 0.2) is 6.17 Å². The first kappa shape index (κ1) is 22.4. The molecule has 1 fully saturated rings. The van der Waals surface area contributed by atoms with E-state index in [1.165, 1.54) is 4.90 Å². The van der Waals surface area contributed by atoms with E-state index >= 15 is 0 Å². The topological polar surface area (TPSA) is 95.7 Å². The van der Waals surface area contributed by atoms with Gasteiger partial charge in [-0.3, -0.25) is 14.4 Å². The summed E-state index contributed by atoms with van der Waals surface area (Å²) in [4.78, 5) is 41.1. The number of carbonyl (C=O) groups is 3. The number of benzene rings is 2. The summed E-state index contributed by atoms with van der Waals surface area (Å²) in [6.07, 6.45) is -0.578. The van der Waals surface area contributed by atoms with E-state index < -0.39 is 29.6 Å². The first-order chi connectivity index (χ1) is 14.9. The Morgan fingerprint density at radius 3 is 2.29 bits per heavy atom. The largest absolute Gasteiger partial charge is 0.351 e. The lowest BCUT2D eigenvalue weighted by atomic mass is 10.1. The second kappa shape index (κ2) is 10.1. The van der Waals surface area contributed by atoms with Gasteiger partial charge in [0.25, 0.3) is 11.8 Å². The molecule has 9 heteroatoms. The number of nitrogens with two attached hydrogens (primary N) is 1. The number of hydrogen-bond acceptors (Lipinski definition) is 4. The van der Waals surface area contributed by atoms with Crippen LogP contribution in [0.15, 0.2) is 48.5 Å². The molecule has 1 heterocycles. The van der Waals surface area contributed by atoms with Crippen molar-refractivity contribution in [3.63, 3.8) is 0 Å². The van der Waals surface area contributed by atoms with Gasteiger partial charge in [0.2, 0.25) is 5.91 Å². The van der Waals surface area contributed by atoms with E-state index in [2.05, 4.69) is 5.32 Å². The molecule has 0 saturated carbocycles. The highest BCUT2D eigenvalue weighted by atomic mass is 19.1. The summed E-state index contributed by atoms with van der Waals surface area (Å²) in [5.41, 5.74) is 6.19. The van der Waals surface area contributed by atoms with Crippen LogP contribution in [0.1, 0.15) is 22.3 Å². The van der Waals surface area contributed by atoms with Gasteiger partial charge in [-0.25, -0.2) is 8.78 Å². The number of nitrogens with zero attached hydrogens (tertiary/aromatic N) is 2. The van der Waals surface area contributed by atoms with E-state index in [0.717, 1.165) is 22.6 Å². The van der Waals surface area contributed by atoms with E-state index in [0.29, 0.717) is 12.5 Å². The molecule has 7 nitrogen and oxygen atoms in total. The summed E-state index contributed by atoms with van der Waals surface area (Å²) >= 11 is 0. The van der Waals surface area contributed by atoms with Crippen LogP contribution in [-0.2, 0) is 16.0 Å². The van der Waals surface area contributed by atoms with Crippen LogP contribution in [0, 0.1) is 11.6 Å². The van der Waals surface area contributed by atoms with Crippen molar-refractivity contribution in [1.29, 1.82) is 0 Å².